The third-order valence-corrected chi connectivity index (χ3v) is 3.13. The number of aliphatic hydroxyl groups is 2. The maximum Gasteiger partial charge on any atom is 0.351 e. The topological polar surface area (TPSA) is 126 Å². The highest BCUT2D eigenvalue weighted by Crippen LogP contribution is 2.28. The highest BCUT2D eigenvalue weighted by Gasteiger charge is 2.35. The molecule has 0 bridgehead atoms. The van der Waals surface area contributed by atoms with Gasteiger partial charge in [-0.3, -0.25) is 15.3 Å². The van der Waals surface area contributed by atoms with E-state index in [-0.39, 0.29) is 25.5 Å². The van der Waals surface area contributed by atoms with Crippen LogP contribution in [0.1, 0.15) is 18.2 Å². The number of nitrogens with zero attached hydrogens (tertiary/aromatic N) is 2. The van der Waals surface area contributed by atoms with Crippen molar-refractivity contribution in [2.24, 2.45) is 0 Å². The van der Waals surface area contributed by atoms with Gasteiger partial charge in [0.05, 0.1) is 19.3 Å². The van der Waals surface area contributed by atoms with Gasteiger partial charge in [-0.25, -0.2) is 4.79 Å². The summed E-state index contributed by atoms with van der Waals surface area (Å²) in [7, 11) is 1.47. The van der Waals surface area contributed by atoms with E-state index >= 15 is 0 Å². The molecule has 1 saturated heterocycles. The Morgan fingerprint density at radius 1 is 1.65 bits per heavy atom. The third-order valence-electron chi connectivity index (χ3n) is 3.13. The van der Waals surface area contributed by atoms with Gasteiger partial charge in [0.25, 0.3) is 0 Å². The Morgan fingerprint density at radius 3 is 2.95 bits per heavy atom. The van der Waals surface area contributed by atoms with E-state index in [0.717, 1.165) is 0 Å². The summed E-state index contributed by atoms with van der Waals surface area (Å²) in [6, 6.07) is 0. The van der Waals surface area contributed by atoms with Crippen molar-refractivity contribution in [3.05, 3.63) is 22.2 Å². The van der Waals surface area contributed by atoms with Gasteiger partial charge in [0.2, 0.25) is 0 Å². The van der Waals surface area contributed by atoms with Gasteiger partial charge in [-0.15, -0.1) is 0 Å². The molecule has 0 aliphatic carbocycles. The lowest BCUT2D eigenvalue weighted by molar-refractivity contribution is -0.0460. The normalized spacial score (nSPS) is 25.9. The van der Waals surface area contributed by atoms with Crippen molar-refractivity contribution in [3.63, 3.8) is 0 Å². The molecule has 112 valence electrons. The van der Waals surface area contributed by atoms with Crippen LogP contribution in [0.2, 0.25) is 0 Å². The van der Waals surface area contributed by atoms with Crippen LogP contribution in [0.3, 0.4) is 0 Å². The molecule has 0 radical (unpaired) electrons. The van der Waals surface area contributed by atoms with Gasteiger partial charge in [0.15, 0.2) is 5.82 Å². The molecule has 1 aromatic heterocycles. The minimum atomic E-state index is -0.849. The highest BCUT2D eigenvalue weighted by atomic mass is 16.5. The molecule has 1 aromatic rings. The Hall–Kier alpha value is -1.52. The van der Waals surface area contributed by atoms with Crippen molar-refractivity contribution in [1.82, 2.24) is 9.55 Å². The number of ether oxygens (including phenoxy) is 2. The van der Waals surface area contributed by atoms with Crippen LogP contribution in [0.15, 0.2) is 11.0 Å². The molecule has 2 rings (SSSR count). The maximum absolute atomic E-state index is 11.9. The SMILES string of the molecule is COCc1cn([C@H]2C[C@H](O)[C@@H](CO)O2)c(=O)nc1NO. The molecule has 0 unspecified atom stereocenters. The molecule has 0 spiro atoms. The standard InChI is InChI=1S/C11H17N3O6/c1-19-5-6-3-14(11(17)12-10(6)13-18)9-2-7(16)8(4-15)20-9/h3,7-9,15-16,18H,2,4-5H2,1H3,(H,12,13,17)/t7-,8+,9+/m0/s1. The van der Waals surface area contributed by atoms with Gasteiger partial charge in [0, 0.05) is 25.3 Å². The summed E-state index contributed by atoms with van der Waals surface area (Å²) >= 11 is 0. The molecule has 0 amide bonds. The molecule has 4 N–H and O–H groups in total. The van der Waals surface area contributed by atoms with Crippen LogP contribution in [-0.4, -0.2) is 50.9 Å². The molecule has 20 heavy (non-hydrogen) atoms. The third kappa shape index (κ3) is 2.81. The van der Waals surface area contributed by atoms with E-state index in [1.807, 2.05) is 5.48 Å². The summed E-state index contributed by atoms with van der Waals surface area (Å²) in [5, 5.41) is 27.7. The van der Waals surface area contributed by atoms with E-state index < -0.39 is 24.1 Å². The molecular formula is C11H17N3O6. The molecule has 0 aromatic carbocycles. The minimum Gasteiger partial charge on any atom is -0.394 e. The van der Waals surface area contributed by atoms with Gasteiger partial charge in [-0.05, 0) is 0 Å². The average Bonchev–Trinajstić information content (AvgIpc) is 2.81. The molecular weight excluding hydrogens is 270 g/mol. The summed E-state index contributed by atoms with van der Waals surface area (Å²) in [6.45, 7) is -0.198. The van der Waals surface area contributed by atoms with E-state index in [0.29, 0.717) is 5.56 Å². The van der Waals surface area contributed by atoms with Crippen molar-refractivity contribution >= 4 is 5.82 Å². The number of anilines is 1. The number of aliphatic hydroxyl groups excluding tert-OH is 2. The van der Waals surface area contributed by atoms with Gasteiger partial charge >= 0.3 is 5.69 Å². The predicted octanol–water partition coefficient (Wildman–Crippen LogP) is -1.17. The minimum absolute atomic E-state index is 0.00496. The van der Waals surface area contributed by atoms with Crippen LogP contribution < -0.4 is 11.2 Å². The van der Waals surface area contributed by atoms with Crippen molar-refractivity contribution in [2.45, 2.75) is 31.5 Å². The summed E-state index contributed by atoms with van der Waals surface area (Å²) in [5.41, 5.74) is 1.65. The van der Waals surface area contributed by atoms with Crippen LogP contribution in [0.5, 0.6) is 0 Å². The molecule has 3 atom stereocenters. The first kappa shape index (κ1) is 14.9. The first-order valence-electron chi connectivity index (χ1n) is 6.06. The van der Waals surface area contributed by atoms with Crippen molar-refractivity contribution in [3.8, 4) is 0 Å². The van der Waals surface area contributed by atoms with Gasteiger partial charge < -0.3 is 19.7 Å². The van der Waals surface area contributed by atoms with Crippen LogP contribution >= 0.6 is 0 Å². The Labute approximate surface area is 114 Å². The van der Waals surface area contributed by atoms with Crippen LogP contribution in [-0.2, 0) is 16.1 Å². The quantitative estimate of drug-likeness (QED) is 0.499. The molecule has 9 nitrogen and oxygen atoms in total. The zero-order chi connectivity index (χ0) is 14.7. The monoisotopic (exact) mass is 287 g/mol. The lowest BCUT2D eigenvalue weighted by atomic mass is 10.2. The van der Waals surface area contributed by atoms with Crippen LogP contribution in [0.4, 0.5) is 5.82 Å². The average molecular weight is 287 g/mol. The second-order valence-electron chi connectivity index (χ2n) is 4.46. The second-order valence-corrected chi connectivity index (χ2v) is 4.46. The van der Waals surface area contributed by atoms with E-state index in [2.05, 4.69) is 4.98 Å². The van der Waals surface area contributed by atoms with Crippen molar-refractivity contribution in [2.75, 3.05) is 19.2 Å². The maximum atomic E-state index is 11.9. The molecule has 2 heterocycles. The Balaban J connectivity index is 2.32. The van der Waals surface area contributed by atoms with Crippen LogP contribution in [0, 0.1) is 0 Å². The zero-order valence-electron chi connectivity index (χ0n) is 10.9. The van der Waals surface area contributed by atoms with Gasteiger partial charge in [-0.2, -0.15) is 4.98 Å². The second kappa shape index (κ2) is 6.29. The zero-order valence-corrected chi connectivity index (χ0v) is 10.9. The number of aromatic nitrogens is 2. The van der Waals surface area contributed by atoms with Crippen LogP contribution in [0.25, 0.3) is 0 Å². The fourth-order valence-corrected chi connectivity index (χ4v) is 2.12. The smallest absolute Gasteiger partial charge is 0.351 e. The predicted molar refractivity (Wildman–Crippen MR) is 66.2 cm³/mol. The van der Waals surface area contributed by atoms with E-state index in [4.69, 9.17) is 19.8 Å². The number of nitrogens with one attached hydrogen (secondary N) is 1. The summed E-state index contributed by atoms with van der Waals surface area (Å²) < 4.78 is 11.6. The highest BCUT2D eigenvalue weighted by molar-refractivity contribution is 5.39. The number of hydrogen-bond donors (Lipinski definition) is 4. The molecule has 1 aliphatic heterocycles. The number of methoxy groups -OCH3 is 1. The van der Waals surface area contributed by atoms with Gasteiger partial charge in [-0.1, -0.05) is 0 Å². The van der Waals surface area contributed by atoms with Crippen molar-refractivity contribution in [1.29, 1.82) is 0 Å². The Bertz CT molecular complexity index is 519. The first-order chi connectivity index (χ1) is 9.60. The summed E-state index contributed by atoms with van der Waals surface area (Å²) in [6.07, 6.45) is -0.683. The van der Waals surface area contributed by atoms with Gasteiger partial charge in [0.1, 0.15) is 12.3 Å². The molecule has 0 saturated carbocycles. The van der Waals surface area contributed by atoms with Crippen molar-refractivity contribution < 1.29 is 24.9 Å². The van der Waals surface area contributed by atoms with E-state index in [1.54, 1.807) is 0 Å². The first-order valence-corrected chi connectivity index (χ1v) is 6.06. The molecule has 9 heteroatoms. The fourth-order valence-electron chi connectivity index (χ4n) is 2.12. The summed E-state index contributed by atoms with van der Waals surface area (Å²) in [4.78, 5) is 15.6. The summed E-state index contributed by atoms with van der Waals surface area (Å²) in [5.74, 6) is 0.00496. The fraction of sp³-hybridized carbons (Fsp3) is 0.636. The molecule has 1 aliphatic rings. The number of hydrogen-bond acceptors (Lipinski definition) is 8. The Kier molecular flexibility index (Phi) is 4.68. The van der Waals surface area contributed by atoms with E-state index in [1.165, 1.54) is 17.9 Å². The largest absolute Gasteiger partial charge is 0.394 e. The Morgan fingerprint density at radius 2 is 2.40 bits per heavy atom. The lowest BCUT2D eigenvalue weighted by Crippen LogP contribution is -2.29. The lowest BCUT2D eigenvalue weighted by Gasteiger charge is -2.16. The van der Waals surface area contributed by atoms with E-state index in [9.17, 15) is 9.90 Å². The molecule has 1 fully saturated rings. The number of rotatable bonds is 5.